The van der Waals surface area contributed by atoms with Crippen molar-refractivity contribution < 1.29 is 14.0 Å². The number of anilines is 2. The van der Waals surface area contributed by atoms with E-state index < -0.39 is 0 Å². The van der Waals surface area contributed by atoms with Crippen molar-refractivity contribution >= 4 is 52.6 Å². The second kappa shape index (κ2) is 12.2. The van der Waals surface area contributed by atoms with Gasteiger partial charge in [-0.25, -0.2) is 4.39 Å². The predicted octanol–water partition coefficient (Wildman–Crippen LogP) is 5.53. The Labute approximate surface area is 237 Å². The number of amides is 2. The van der Waals surface area contributed by atoms with Crippen LogP contribution >= 0.6 is 23.4 Å². The highest BCUT2D eigenvalue weighted by Gasteiger charge is 2.27. The van der Waals surface area contributed by atoms with E-state index in [1.54, 1.807) is 43.5 Å². The van der Waals surface area contributed by atoms with E-state index in [4.69, 9.17) is 11.6 Å². The highest BCUT2D eigenvalue weighted by atomic mass is 35.5. The third-order valence-electron chi connectivity index (χ3n) is 6.99. The number of carbonyl (C=O) groups excluding carboxylic acids is 2. The van der Waals surface area contributed by atoms with E-state index in [1.807, 2.05) is 24.3 Å². The first-order valence-corrected chi connectivity index (χ1v) is 14.2. The standard InChI is InChI=1S/C30H30ClFN4O2S/c1-34-26-18-22(10-11-27(26)39-28(30(34)38)19-21-6-2-3-9-25(21)32)29(37)33-12-5-13-35-14-16-36(17-15-35)24-8-4-7-23(31)20-24/h2-4,6-11,18-20H,5,12-17H2,1H3,(H,33,37). The molecule has 39 heavy (non-hydrogen) atoms. The lowest BCUT2D eigenvalue weighted by Crippen LogP contribution is -2.47. The molecule has 2 aliphatic rings. The summed E-state index contributed by atoms with van der Waals surface area (Å²) in [5, 5.41) is 3.76. The minimum absolute atomic E-state index is 0.165. The molecule has 202 valence electrons. The number of nitrogens with zero attached hydrogens (tertiary/aromatic N) is 3. The quantitative estimate of drug-likeness (QED) is 0.302. The van der Waals surface area contributed by atoms with Crippen molar-refractivity contribution in [3.8, 4) is 0 Å². The lowest BCUT2D eigenvalue weighted by molar-refractivity contribution is -0.114. The molecule has 0 bridgehead atoms. The topological polar surface area (TPSA) is 55.9 Å². The summed E-state index contributed by atoms with van der Waals surface area (Å²) < 4.78 is 14.1. The van der Waals surface area contributed by atoms with Gasteiger partial charge in [0.25, 0.3) is 11.8 Å². The maximum atomic E-state index is 14.1. The van der Waals surface area contributed by atoms with Gasteiger partial charge in [-0.1, -0.05) is 47.6 Å². The Balaban J connectivity index is 1.12. The molecule has 9 heteroatoms. The van der Waals surface area contributed by atoms with Crippen molar-refractivity contribution in [1.29, 1.82) is 0 Å². The molecular formula is C30H30ClFN4O2S. The predicted molar refractivity (Wildman–Crippen MR) is 157 cm³/mol. The summed E-state index contributed by atoms with van der Waals surface area (Å²) in [5.74, 6) is -0.774. The van der Waals surface area contributed by atoms with Gasteiger partial charge in [-0.3, -0.25) is 14.5 Å². The molecule has 0 aliphatic carbocycles. The van der Waals surface area contributed by atoms with Gasteiger partial charge in [-0.05, 0) is 61.5 Å². The van der Waals surface area contributed by atoms with Crippen molar-refractivity contribution in [2.45, 2.75) is 11.3 Å². The van der Waals surface area contributed by atoms with Crippen molar-refractivity contribution in [2.24, 2.45) is 0 Å². The zero-order valence-electron chi connectivity index (χ0n) is 21.7. The number of piperazine rings is 1. The zero-order chi connectivity index (χ0) is 27.4. The molecular weight excluding hydrogens is 535 g/mol. The van der Waals surface area contributed by atoms with Gasteiger partial charge < -0.3 is 15.1 Å². The largest absolute Gasteiger partial charge is 0.369 e. The third-order valence-corrected chi connectivity index (χ3v) is 8.30. The summed E-state index contributed by atoms with van der Waals surface area (Å²) in [6.07, 6.45) is 2.42. The molecule has 0 unspecified atom stereocenters. The maximum Gasteiger partial charge on any atom is 0.264 e. The van der Waals surface area contributed by atoms with Crippen LogP contribution in [0.15, 0.2) is 76.5 Å². The van der Waals surface area contributed by atoms with E-state index in [2.05, 4.69) is 21.2 Å². The van der Waals surface area contributed by atoms with Crippen LogP contribution in [0.5, 0.6) is 0 Å². The van der Waals surface area contributed by atoms with Gasteiger partial charge in [0.05, 0.1) is 10.6 Å². The second-order valence-electron chi connectivity index (χ2n) is 9.60. The van der Waals surface area contributed by atoms with Gasteiger partial charge in [0, 0.05) is 66.5 Å². The summed E-state index contributed by atoms with van der Waals surface area (Å²) in [6.45, 7) is 5.32. The maximum absolute atomic E-state index is 14.1. The highest BCUT2D eigenvalue weighted by molar-refractivity contribution is 8.04. The number of hydrogen-bond donors (Lipinski definition) is 1. The highest BCUT2D eigenvalue weighted by Crippen LogP contribution is 2.42. The van der Waals surface area contributed by atoms with Crippen molar-refractivity contribution in [3.05, 3.63) is 93.6 Å². The Morgan fingerprint density at radius 2 is 1.85 bits per heavy atom. The lowest BCUT2D eigenvalue weighted by atomic mass is 10.1. The smallest absolute Gasteiger partial charge is 0.264 e. The van der Waals surface area contributed by atoms with Gasteiger partial charge in [-0.15, -0.1) is 0 Å². The molecule has 1 saturated heterocycles. The monoisotopic (exact) mass is 564 g/mol. The molecule has 3 aromatic rings. The first kappa shape index (κ1) is 27.2. The molecule has 2 heterocycles. The number of halogens is 2. The average molecular weight is 565 g/mol. The minimum Gasteiger partial charge on any atom is -0.369 e. The Bertz CT molecular complexity index is 1410. The van der Waals surface area contributed by atoms with Crippen LogP contribution in [0.1, 0.15) is 22.3 Å². The summed E-state index contributed by atoms with van der Waals surface area (Å²) in [7, 11) is 1.67. The molecule has 0 radical (unpaired) electrons. The first-order valence-electron chi connectivity index (χ1n) is 13.0. The average Bonchev–Trinajstić information content (AvgIpc) is 2.95. The zero-order valence-corrected chi connectivity index (χ0v) is 23.3. The van der Waals surface area contributed by atoms with Gasteiger partial charge in [0.15, 0.2) is 0 Å². The molecule has 6 nitrogen and oxygen atoms in total. The van der Waals surface area contributed by atoms with E-state index >= 15 is 0 Å². The number of hydrogen-bond acceptors (Lipinski definition) is 5. The van der Waals surface area contributed by atoms with Crippen LogP contribution < -0.4 is 15.1 Å². The van der Waals surface area contributed by atoms with Crippen LogP contribution in [0.4, 0.5) is 15.8 Å². The van der Waals surface area contributed by atoms with E-state index in [0.717, 1.165) is 54.8 Å². The van der Waals surface area contributed by atoms with E-state index in [-0.39, 0.29) is 17.6 Å². The summed E-state index contributed by atoms with van der Waals surface area (Å²) in [4.78, 5) is 33.3. The molecule has 0 atom stereocenters. The fourth-order valence-electron chi connectivity index (χ4n) is 4.78. The number of fused-ring (bicyclic) bond motifs is 1. The van der Waals surface area contributed by atoms with Crippen LogP contribution in [-0.4, -0.2) is 63.0 Å². The SMILES string of the molecule is CN1C(=O)C(=Cc2ccccc2F)Sc2ccc(C(=O)NCCCN3CCN(c4cccc(Cl)c4)CC3)cc21. The van der Waals surface area contributed by atoms with Gasteiger partial charge in [-0.2, -0.15) is 0 Å². The van der Waals surface area contributed by atoms with E-state index in [0.29, 0.717) is 28.3 Å². The van der Waals surface area contributed by atoms with E-state index in [1.165, 1.54) is 22.7 Å². The number of rotatable bonds is 7. The van der Waals surface area contributed by atoms with Gasteiger partial charge in [0.2, 0.25) is 0 Å². The van der Waals surface area contributed by atoms with Crippen LogP contribution in [0.3, 0.4) is 0 Å². The molecule has 0 spiro atoms. The lowest BCUT2D eigenvalue weighted by Gasteiger charge is -2.36. The van der Waals surface area contributed by atoms with Crippen LogP contribution in [-0.2, 0) is 4.79 Å². The molecule has 2 amide bonds. The van der Waals surface area contributed by atoms with Crippen LogP contribution in [0, 0.1) is 5.82 Å². The molecule has 5 rings (SSSR count). The Morgan fingerprint density at radius 1 is 1.05 bits per heavy atom. The summed E-state index contributed by atoms with van der Waals surface area (Å²) >= 11 is 7.42. The fraction of sp³-hybridized carbons (Fsp3) is 0.267. The molecule has 3 aromatic carbocycles. The Hall–Kier alpha value is -3.33. The number of carbonyl (C=O) groups is 2. The van der Waals surface area contributed by atoms with Gasteiger partial charge >= 0.3 is 0 Å². The number of thioether (sulfide) groups is 1. The number of nitrogens with one attached hydrogen (secondary N) is 1. The molecule has 1 N–H and O–H groups in total. The van der Waals surface area contributed by atoms with Crippen LogP contribution in [0.2, 0.25) is 5.02 Å². The number of likely N-dealkylation sites (N-methyl/N-ethyl adjacent to an activating group) is 1. The second-order valence-corrected chi connectivity index (χ2v) is 11.1. The van der Waals surface area contributed by atoms with Crippen molar-refractivity contribution in [2.75, 3.05) is 56.1 Å². The normalized spacial score (nSPS) is 16.9. The van der Waals surface area contributed by atoms with Gasteiger partial charge in [0.1, 0.15) is 5.82 Å². The summed E-state index contributed by atoms with van der Waals surface area (Å²) in [6, 6.07) is 19.7. The molecule has 1 fully saturated rings. The third kappa shape index (κ3) is 6.46. The Morgan fingerprint density at radius 3 is 2.62 bits per heavy atom. The minimum atomic E-state index is -0.376. The molecule has 2 aliphatic heterocycles. The molecule has 0 aromatic heterocycles. The van der Waals surface area contributed by atoms with Crippen LogP contribution in [0.25, 0.3) is 6.08 Å². The first-order chi connectivity index (χ1) is 18.9. The molecule has 0 saturated carbocycles. The number of benzene rings is 3. The fourth-order valence-corrected chi connectivity index (χ4v) is 6.05. The summed E-state index contributed by atoms with van der Waals surface area (Å²) in [5.41, 5.74) is 2.69. The van der Waals surface area contributed by atoms with E-state index in [9.17, 15) is 14.0 Å². The Kier molecular flexibility index (Phi) is 8.55. The van der Waals surface area contributed by atoms with Crippen molar-refractivity contribution in [1.82, 2.24) is 10.2 Å². The van der Waals surface area contributed by atoms with Crippen molar-refractivity contribution in [3.63, 3.8) is 0 Å².